The van der Waals surface area contributed by atoms with Gasteiger partial charge >= 0.3 is 0 Å². The highest BCUT2D eigenvalue weighted by molar-refractivity contribution is 6.06. The van der Waals surface area contributed by atoms with Crippen LogP contribution in [0.2, 0.25) is 0 Å². The monoisotopic (exact) mass is 281 g/mol. The SMILES string of the molecule is CCNc1ccc(C(=O)N2c3ccccc3CC2C)nc1. The minimum atomic E-state index is -0.0319. The van der Waals surface area contributed by atoms with Crippen molar-refractivity contribution in [3.8, 4) is 0 Å². The summed E-state index contributed by atoms with van der Waals surface area (Å²) in [5.41, 5.74) is 3.65. The minimum Gasteiger partial charge on any atom is -0.384 e. The van der Waals surface area contributed by atoms with Gasteiger partial charge in [0.25, 0.3) is 5.91 Å². The summed E-state index contributed by atoms with van der Waals surface area (Å²) in [6.07, 6.45) is 2.61. The summed E-state index contributed by atoms with van der Waals surface area (Å²) in [5.74, 6) is -0.0319. The molecule has 1 aliphatic rings. The van der Waals surface area contributed by atoms with Crippen LogP contribution in [0.4, 0.5) is 11.4 Å². The maximum atomic E-state index is 12.7. The molecule has 0 radical (unpaired) electrons. The van der Waals surface area contributed by atoms with E-state index in [1.54, 1.807) is 12.3 Å². The van der Waals surface area contributed by atoms with Gasteiger partial charge in [-0.3, -0.25) is 4.79 Å². The molecular weight excluding hydrogens is 262 g/mol. The van der Waals surface area contributed by atoms with Crippen molar-refractivity contribution in [2.75, 3.05) is 16.8 Å². The molecule has 0 aliphatic carbocycles. The molecule has 0 spiro atoms. The number of benzene rings is 1. The molecule has 0 bridgehead atoms. The number of pyridine rings is 1. The molecule has 1 aromatic heterocycles. The van der Waals surface area contributed by atoms with E-state index in [2.05, 4.69) is 23.3 Å². The third kappa shape index (κ3) is 2.49. The second kappa shape index (κ2) is 5.56. The van der Waals surface area contributed by atoms with Crippen LogP contribution in [0.25, 0.3) is 0 Å². The van der Waals surface area contributed by atoms with E-state index in [0.29, 0.717) is 5.69 Å². The van der Waals surface area contributed by atoms with Crippen LogP contribution < -0.4 is 10.2 Å². The molecule has 0 saturated heterocycles. The first-order valence-corrected chi connectivity index (χ1v) is 7.32. The van der Waals surface area contributed by atoms with Crippen LogP contribution in [-0.2, 0) is 6.42 Å². The lowest BCUT2D eigenvalue weighted by Crippen LogP contribution is -2.36. The number of nitrogens with one attached hydrogen (secondary N) is 1. The summed E-state index contributed by atoms with van der Waals surface area (Å²) in [6.45, 7) is 4.94. The fourth-order valence-corrected chi connectivity index (χ4v) is 2.83. The van der Waals surface area contributed by atoms with Gasteiger partial charge in [0.2, 0.25) is 0 Å². The van der Waals surface area contributed by atoms with Gasteiger partial charge in [-0.15, -0.1) is 0 Å². The summed E-state index contributed by atoms with van der Waals surface area (Å²) in [7, 11) is 0. The molecular formula is C17H19N3O. The Morgan fingerprint density at radius 2 is 2.14 bits per heavy atom. The van der Waals surface area contributed by atoms with Gasteiger partial charge in [0.15, 0.2) is 0 Å². The second-order valence-electron chi connectivity index (χ2n) is 5.32. The number of nitrogens with zero attached hydrogens (tertiary/aromatic N) is 2. The normalized spacial score (nSPS) is 16.7. The predicted molar refractivity (Wildman–Crippen MR) is 84.8 cm³/mol. The Morgan fingerprint density at radius 1 is 1.33 bits per heavy atom. The number of carbonyl (C=O) groups excluding carboxylic acids is 1. The quantitative estimate of drug-likeness (QED) is 0.940. The van der Waals surface area contributed by atoms with E-state index in [4.69, 9.17) is 0 Å². The molecule has 0 saturated carbocycles. The van der Waals surface area contributed by atoms with Crippen molar-refractivity contribution in [2.24, 2.45) is 0 Å². The highest BCUT2D eigenvalue weighted by Gasteiger charge is 2.31. The van der Waals surface area contributed by atoms with Gasteiger partial charge in [0.05, 0.1) is 11.9 Å². The fourth-order valence-electron chi connectivity index (χ4n) is 2.83. The van der Waals surface area contributed by atoms with Crippen molar-refractivity contribution in [1.82, 2.24) is 4.98 Å². The van der Waals surface area contributed by atoms with Crippen molar-refractivity contribution in [3.05, 3.63) is 53.9 Å². The lowest BCUT2D eigenvalue weighted by molar-refractivity contribution is 0.0976. The van der Waals surface area contributed by atoms with Crippen LogP contribution in [0.3, 0.4) is 0 Å². The van der Waals surface area contributed by atoms with Crippen LogP contribution in [0.1, 0.15) is 29.9 Å². The van der Waals surface area contributed by atoms with Crippen molar-refractivity contribution in [3.63, 3.8) is 0 Å². The number of anilines is 2. The molecule has 4 heteroatoms. The van der Waals surface area contributed by atoms with E-state index >= 15 is 0 Å². The van der Waals surface area contributed by atoms with E-state index in [0.717, 1.165) is 24.3 Å². The molecule has 21 heavy (non-hydrogen) atoms. The van der Waals surface area contributed by atoms with E-state index in [9.17, 15) is 4.79 Å². The molecule has 1 amide bonds. The lowest BCUT2D eigenvalue weighted by Gasteiger charge is -2.22. The van der Waals surface area contributed by atoms with Gasteiger partial charge in [-0.2, -0.15) is 0 Å². The highest BCUT2D eigenvalue weighted by atomic mass is 16.2. The summed E-state index contributed by atoms with van der Waals surface area (Å²) >= 11 is 0. The maximum Gasteiger partial charge on any atom is 0.277 e. The van der Waals surface area contributed by atoms with Crippen LogP contribution in [0.5, 0.6) is 0 Å². The average Bonchev–Trinajstić information content (AvgIpc) is 2.83. The number of rotatable bonds is 3. The van der Waals surface area contributed by atoms with Crippen LogP contribution in [0.15, 0.2) is 42.6 Å². The van der Waals surface area contributed by atoms with Crippen LogP contribution in [-0.4, -0.2) is 23.5 Å². The summed E-state index contributed by atoms with van der Waals surface area (Å²) in [4.78, 5) is 18.9. The molecule has 1 atom stereocenters. The Balaban J connectivity index is 1.88. The highest BCUT2D eigenvalue weighted by Crippen LogP contribution is 2.32. The number of aromatic nitrogens is 1. The van der Waals surface area contributed by atoms with Gasteiger partial charge in [-0.05, 0) is 44.0 Å². The molecule has 2 heterocycles. The number of hydrogen-bond acceptors (Lipinski definition) is 3. The van der Waals surface area contributed by atoms with Gasteiger partial charge in [0, 0.05) is 18.3 Å². The maximum absolute atomic E-state index is 12.7. The standard InChI is InChI=1S/C17H19N3O/c1-3-18-14-8-9-15(19-11-14)17(21)20-12(2)10-13-6-4-5-7-16(13)20/h4-9,11-12,18H,3,10H2,1-2H3. The molecule has 1 unspecified atom stereocenters. The number of carbonyl (C=O) groups is 1. The Bertz CT molecular complexity index is 651. The Morgan fingerprint density at radius 3 is 2.86 bits per heavy atom. The first-order valence-electron chi connectivity index (χ1n) is 7.32. The van der Waals surface area contributed by atoms with Gasteiger partial charge < -0.3 is 10.2 Å². The smallest absolute Gasteiger partial charge is 0.277 e. The predicted octanol–water partition coefficient (Wildman–Crippen LogP) is 3.10. The Hall–Kier alpha value is -2.36. The molecule has 4 nitrogen and oxygen atoms in total. The van der Waals surface area contributed by atoms with Gasteiger partial charge in [-0.1, -0.05) is 18.2 Å². The zero-order valence-electron chi connectivity index (χ0n) is 12.3. The molecule has 1 N–H and O–H groups in total. The number of fused-ring (bicyclic) bond motifs is 1. The second-order valence-corrected chi connectivity index (χ2v) is 5.32. The fraction of sp³-hybridized carbons (Fsp3) is 0.294. The first-order chi connectivity index (χ1) is 10.2. The molecule has 0 fully saturated rings. The van der Waals surface area contributed by atoms with Gasteiger partial charge in [0.1, 0.15) is 5.69 Å². The number of hydrogen-bond donors (Lipinski definition) is 1. The van der Waals surface area contributed by atoms with E-state index in [1.807, 2.05) is 36.1 Å². The van der Waals surface area contributed by atoms with Crippen LogP contribution in [0, 0.1) is 0 Å². The summed E-state index contributed by atoms with van der Waals surface area (Å²) in [6, 6.07) is 11.9. The van der Waals surface area contributed by atoms with Crippen LogP contribution >= 0.6 is 0 Å². The Kier molecular flexibility index (Phi) is 3.60. The van der Waals surface area contributed by atoms with E-state index in [-0.39, 0.29) is 11.9 Å². The van der Waals surface area contributed by atoms with Crippen molar-refractivity contribution < 1.29 is 4.79 Å². The van der Waals surface area contributed by atoms with Crippen molar-refractivity contribution in [2.45, 2.75) is 26.3 Å². The third-order valence-corrected chi connectivity index (χ3v) is 3.79. The minimum absolute atomic E-state index is 0.0319. The number of amides is 1. The van der Waals surface area contributed by atoms with Crippen molar-refractivity contribution in [1.29, 1.82) is 0 Å². The molecule has 108 valence electrons. The van der Waals surface area contributed by atoms with Crippen molar-refractivity contribution >= 4 is 17.3 Å². The van der Waals surface area contributed by atoms with E-state index in [1.165, 1.54) is 5.56 Å². The topological polar surface area (TPSA) is 45.2 Å². The zero-order chi connectivity index (χ0) is 14.8. The average molecular weight is 281 g/mol. The molecule has 1 aromatic carbocycles. The molecule has 1 aliphatic heterocycles. The largest absolute Gasteiger partial charge is 0.384 e. The summed E-state index contributed by atoms with van der Waals surface area (Å²) in [5, 5.41) is 3.18. The zero-order valence-corrected chi connectivity index (χ0v) is 12.3. The molecule has 3 rings (SSSR count). The Labute approximate surface area is 124 Å². The lowest BCUT2D eigenvalue weighted by atomic mass is 10.1. The first kappa shape index (κ1) is 13.6. The van der Waals surface area contributed by atoms with E-state index < -0.39 is 0 Å². The summed E-state index contributed by atoms with van der Waals surface area (Å²) < 4.78 is 0. The molecule has 2 aromatic rings. The van der Waals surface area contributed by atoms with Gasteiger partial charge in [-0.25, -0.2) is 4.98 Å². The third-order valence-electron chi connectivity index (χ3n) is 3.79. The number of para-hydroxylation sites is 1.